The van der Waals surface area contributed by atoms with E-state index in [2.05, 4.69) is 4.98 Å². The summed E-state index contributed by atoms with van der Waals surface area (Å²) in [5.41, 5.74) is 5.93. The van der Waals surface area contributed by atoms with E-state index in [9.17, 15) is 19.4 Å². The molecule has 1 aromatic heterocycles. The summed E-state index contributed by atoms with van der Waals surface area (Å²) >= 11 is 0. The molecule has 3 rings (SSSR count). The molecule has 3 aromatic rings. The third-order valence-electron chi connectivity index (χ3n) is 3.08. The molecule has 8 heteroatoms. The van der Waals surface area contributed by atoms with Gasteiger partial charge in [-0.1, -0.05) is 24.3 Å². The van der Waals surface area contributed by atoms with Gasteiger partial charge in [0.05, 0.1) is 6.20 Å². The fourth-order valence-corrected chi connectivity index (χ4v) is 1.88. The zero-order chi connectivity index (χ0) is 19.1. The topological polar surface area (TPSA) is 132 Å². The van der Waals surface area contributed by atoms with Crippen molar-refractivity contribution in [1.82, 2.24) is 9.97 Å². The zero-order valence-corrected chi connectivity index (χ0v) is 13.4. The summed E-state index contributed by atoms with van der Waals surface area (Å²) in [5, 5.41) is 27.7. The van der Waals surface area contributed by atoms with Crippen LogP contribution in [0.2, 0.25) is 0 Å². The van der Waals surface area contributed by atoms with Gasteiger partial charge in [-0.05, 0) is 35.4 Å². The molecule has 1 heterocycles. The first kappa shape index (κ1) is 18.5. The van der Waals surface area contributed by atoms with Crippen molar-refractivity contribution in [2.75, 3.05) is 5.73 Å². The number of hydrogen-bond acceptors (Lipinski definition) is 6. The maximum atomic E-state index is 12.1. The Balaban J connectivity index is 0.000000228. The standard InChI is InChI=1S/C14H12O3.C4H4FN3O/c15-12-5-3-10(4-6-12)1-2-11-7-13(16)9-14(17)8-11;5-2-1-7-4(9)8-3(2)6/h1-9,15-17H;1H,(H3,6,7,8,9)/b2-1+;. The SMILES string of the molecule is Nc1[nH]c(=O)ncc1F.Oc1ccc(/C=C/c2cc(O)cc(O)c2)cc1. The van der Waals surface area contributed by atoms with Crippen molar-refractivity contribution < 1.29 is 19.7 Å². The van der Waals surface area contributed by atoms with Gasteiger partial charge in [0.25, 0.3) is 0 Å². The lowest BCUT2D eigenvalue weighted by atomic mass is 10.1. The van der Waals surface area contributed by atoms with E-state index in [4.69, 9.17) is 10.8 Å². The number of phenolic OH excluding ortho intramolecular Hbond substituents is 3. The molecule has 0 saturated heterocycles. The first-order valence-corrected chi connectivity index (χ1v) is 7.34. The molecule has 6 N–H and O–H groups in total. The molecule has 0 fully saturated rings. The first-order valence-electron chi connectivity index (χ1n) is 7.34. The molecule has 0 radical (unpaired) electrons. The summed E-state index contributed by atoms with van der Waals surface area (Å²) < 4.78 is 12.1. The van der Waals surface area contributed by atoms with Crippen molar-refractivity contribution in [2.24, 2.45) is 0 Å². The van der Waals surface area contributed by atoms with Gasteiger partial charge >= 0.3 is 5.69 Å². The molecule has 2 aromatic carbocycles. The number of phenols is 3. The van der Waals surface area contributed by atoms with E-state index in [1.807, 2.05) is 11.1 Å². The molecule has 0 aliphatic rings. The van der Waals surface area contributed by atoms with E-state index in [1.54, 1.807) is 42.5 Å². The second kappa shape index (κ2) is 8.34. The van der Waals surface area contributed by atoms with E-state index < -0.39 is 11.5 Å². The highest BCUT2D eigenvalue weighted by atomic mass is 19.1. The van der Waals surface area contributed by atoms with Crippen LogP contribution in [0.3, 0.4) is 0 Å². The molecule has 7 nitrogen and oxygen atoms in total. The number of hydrogen-bond donors (Lipinski definition) is 5. The minimum atomic E-state index is -0.713. The average Bonchev–Trinajstić information content (AvgIpc) is 2.58. The smallest absolute Gasteiger partial charge is 0.346 e. The van der Waals surface area contributed by atoms with E-state index in [0.717, 1.165) is 11.8 Å². The van der Waals surface area contributed by atoms with Crippen LogP contribution in [0.1, 0.15) is 11.1 Å². The van der Waals surface area contributed by atoms with E-state index in [-0.39, 0.29) is 23.1 Å². The van der Waals surface area contributed by atoms with Crippen LogP contribution >= 0.6 is 0 Å². The fourth-order valence-electron chi connectivity index (χ4n) is 1.88. The number of aromatic nitrogens is 2. The van der Waals surface area contributed by atoms with Crippen LogP contribution in [-0.4, -0.2) is 25.3 Å². The second-order valence-electron chi connectivity index (χ2n) is 5.16. The average molecular weight is 357 g/mol. The zero-order valence-electron chi connectivity index (χ0n) is 13.4. The first-order chi connectivity index (χ1) is 12.3. The van der Waals surface area contributed by atoms with Crippen molar-refractivity contribution in [3.8, 4) is 17.2 Å². The van der Waals surface area contributed by atoms with E-state index in [1.165, 1.54) is 6.07 Å². The number of nitrogen functional groups attached to an aromatic ring is 1. The number of anilines is 1. The quantitative estimate of drug-likeness (QED) is 0.448. The fraction of sp³-hybridized carbons (Fsp3) is 0. The molecule has 0 saturated carbocycles. The Morgan fingerprint density at radius 2 is 1.50 bits per heavy atom. The highest BCUT2D eigenvalue weighted by Crippen LogP contribution is 2.22. The number of aromatic amines is 1. The second-order valence-corrected chi connectivity index (χ2v) is 5.16. The lowest BCUT2D eigenvalue weighted by Gasteiger charge is -1.98. The number of rotatable bonds is 2. The largest absolute Gasteiger partial charge is 0.508 e. The molecule has 0 aliphatic carbocycles. The van der Waals surface area contributed by atoms with Crippen molar-refractivity contribution in [1.29, 1.82) is 0 Å². The van der Waals surface area contributed by atoms with Gasteiger partial charge in [0.2, 0.25) is 0 Å². The van der Waals surface area contributed by atoms with Crippen LogP contribution in [0.5, 0.6) is 17.2 Å². The lowest BCUT2D eigenvalue weighted by Crippen LogP contribution is -2.12. The predicted molar refractivity (Wildman–Crippen MR) is 96.0 cm³/mol. The van der Waals surface area contributed by atoms with Crippen molar-refractivity contribution in [2.45, 2.75) is 0 Å². The summed E-state index contributed by atoms with van der Waals surface area (Å²) in [6.07, 6.45) is 4.37. The van der Waals surface area contributed by atoms with Gasteiger partial charge in [0.15, 0.2) is 5.82 Å². The number of aromatic hydroxyl groups is 3. The Morgan fingerprint density at radius 1 is 0.923 bits per heavy atom. The maximum absolute atomic E-state index is 12.1. The summed E-state index contributed by atoms with van der Waals surface area (Å²) in [5.74, 6) is -0.729. The normalized spacial score (nSPS) is 10.3. The van der Waals surface area contributed by atoms with E-state index >= 15 is 0 Å². The number of benzene rings is 2. The van der Waals surface area contributed by atoms with Gasteiger partial charge < -0.3 is 21.1 Å². The van der Waals surface area contributed by atoms with Gasteiger partial charge in [-0.25, -0.2) is 9.18 Å². The van der Waals surface area contributed by atoms with Gasteiger partial charge in [-0.3, -0.25) is 4.98 Å². The number of nitrogens with one attached hydrogen (secondary N) is 1. The van der Waals surface area contributed by atoms with Crippen molar-refractivity contribution in [3.63, 3.8) is 0 Å². The predicted octanol–water partition coefficient (Wildman–Crippen LogP) is 2.47. The third kappa shape index (κ3) is 5.68. The molecule has 0 bridgehead atoms. The molecular formula is C18H16FN3O4. The van der Waals surface area contributed by atoms with Crippen molar-refractivity contribution in [3.05, 3.63) is 76.1 Å². The molecule has 0 amide bonds. The summed E-state index contributed by atoms with van der Waals surface area (Å²) in [6.45, 7) is 0. The Bertz CT molecular complexity index is 949. The van der Waals surface area contributed by atoms with Crippen LogP contribution in [0, 0.1) is 5.82 Å². The Morgan fingerprint density at radius 3 is 2.04 bits per heavy atom. The Labute approximate surface area is 147 Å². The number of H-pyrrole nitrogens is 1. The number of nitrogens with two attached hydrogens (primary N) is 1. The van der Waals surface area contributed by atoms with Crippen LogP contribution < -0.4 is 11.4 Å². The minimum absolute atomic E-state index is 0.0235. The Hall–Kier alpha value is -3.81. The van der Waals surface area contributed by atoms with Crippen LogP contribution in [-0.2, 0) is 0 Å². The van der Waals surface area contributed by atoms with E-state index in [0.29, 0.717) is 5.56 Å². The molecule has 0 spiro atoms. The Kier molecular flexibility index (Phi) is 5.94. The van der Waals surface area contributed by atoms with Crippen LogP contribution in [0.4, 0.5) is 10.2 Å². The molecular weight excluding hydrogens is 341 g/mol. The molecule has 0 atom stereocenters. The minimum Gasteiger partial charge on any atom is -0.508 e. The third-order valence-corrected chi connectivity index (χ3v) is 3.08. The van der Waals surface area contributed by atoms with Gasteiger partial charge in [0.1, 0.15) is 23.1 Å². The van der Waals surface area contributed by atoms with Crippen molar-refractivity contribution >= 4 is 18.0 Å². The lowest BCUT2D eigenvalue weighted by molar-refractivity contribution is 0.450. The number of nitrogens with zero attached hydrogens (tertiary/aromatic N) is 1. The van der Waals surface area contributed by atoms with Crippen LogP contribution in [0.25, 0.3) is 12.2 Å². The number of halogens is 1. The highest BCUT2D eigenvalue weighted by Gasteiger charge is 1.96. The van der Waals surface area contributed by atoms with Crippen LogP contribution in [0.15, 0.2) is 53.5 Å². The molecule has 134 valence electrons. The summed E-state index contributed by atoms with van der Waals surface area (Å²) in [7, 11) is 0. The monoisotopic (exact) mass is 357 g/mol. The molecule has 0 unspecified atom stereocenters. The molecule has 26 heavy (non-hydrogen) atoms. The van der Waals surface area contributed by atoms with Gasteiger partial charge in [0, 0.05) is 6.07 Å². The highest BCUT2D eigenvalue weighted by molar-refractivity contribution is 5.71. The van der Waals surface area contributed by atoms with Gasteiger partial charge in [-0.15, -0.1) is 0 Å². The molecule has 0 aliphatic heterocycles. The summed E-state index contributed by atoms with van der Waals surface area (Å²) in [6, 6.07) is 11.1. The summed E-state index contributed by atoms with van der Waals surface area (Å²) in [4.78, 5) is 15.3. The maximum Gasteiger partial charge on any atom is 0.346 e. The van der Waals surface area contributed by atoms with Gasteiger partial charge in [-0.2, -0.15) is 4.98 Å².